The van der Waals surface area contributed by atoms with Crippen molar-refractivity contribution in [1.82, 2.24) is 19.4 Å². The lowest BCUT2D eigenvalue weighted by atomic mass is 10.1. The fourth-order valence-electron chi connectivity index (χ4n) is 2.70. The highest BCUT2D eigenvalue weighted by molar-refractivity contribution is 5.92. The van der Waals surface area contributed by atoms with E-state index >= 15 is 0 Å². The quantitative estimate of drug-likeness (QED) is 0.853. The van der Waals surface area contributed by atoms with E-state index in [1.165, 1.54) is 0 Å². The summed E-state index contributed by atoms with van der Waals surface area (Å²) in [5, 5.41) is 0. The maximum Gasteiger partial charge on any atom is 0.270 e. The molecule has 1 saturated heterocycles. The first-order valence-electron chi connectivity index (χ1n) is 7.51. The molecule has 1 amide bonds. The van der Waals surface area contributed by atoms with Crippen LogP contribution < -0.4 is 0 Å². The zero-order valence-corrected chi connectivity index (χ0v) is 12.7. The molecule has 1 fully saturated rings. The van der Waals surface area contributed by atoms with Crippen molar-refractivity contribution in [3.8, 4) is 0 Å². The minimum atomic E-state index is 0.0629. The van der Waals surface area contributed by atoms with E-state index in [9.17, 15) is 4.79 Å². The number of rotatable bonds is 4. The summed E-state index contributed by atoms with van der Waals surface area (Å²) in [6.07, 6.45) is 6.94. The van der Waals surface area contributed by atoms with Crippen molar-refractivity contribution in [2.24, 2.45) is 7.05 Å². The molecule has 0 N–H and O–H groups in total. The Balaban J connectivity index is 1.57. The van der Waals surface area contributed by atoms with Gasteiger partial charge in [0, 0.05) is 38.2 Å². The number of carbonyl (C=O) groups excluding carboxylic acids is 1. The molecule has 1 aliphatic heterocycles. The molecule has 2 aromatic heterocycles. The maximum atomic E-state index is 12.5. The second kappa shape index (κ2) is 6.70. The molecule has 1 aliphatic rings. The van der Waals surface area contributed by atoms with Gasteiger partial charge in [0.15, 0.2) is 0 Å². The molecule has 2 aromatic rings. The van der Waals surface area contributed by atoms with Crippen LogP contribution >= 0.6 is 0 Å². The second-order valence-electron chi connectivity index (χ2n) is 5.49. The predicted octanol–water partition coefficient (Wildman–Crippen LogP) is 1.29. The molecule has 0 radical (unpaired) electrons. The van der Waals surface area contributed by atoms with Crippen LogP contribution in [0.25, 0.3) is 0 Å². The zero-order chi connectivity index (χ0) is 15.4. The van der Waals surface area contributed by atoms with Gasteiger partial charge in [0.2, 0.25) is 0 Å². The highest BCUT2D eigenvalue weighted by Gasteiger charge is 2.26. The van der Waals surface area contributed by atoms with E-state index in [1.807, 2.05) is 40.9 Å². The standard InChI is InChI=1S/C16H20N4O2/c1-19-8-2-3-15(19)16(21)20-9-10-22-14(11-20)5-4-13-6-7-17-12-18-13/h2-3,6-8,12,14H,4-5,9-11H2,1H3. The summed E-state index contributed by atoms with van der Waals surface area (Å²) in [5.74, 6) is 0.0721. The monoisotopic (exact) mass is 300 g/mol. The Morgan fingerprint density at radius 3 is 3.09 bits per heavy atom. The van der Waals surface area contributed by atoms with Crippen LogP contribution in [0.3, 0.4) is 0 Å². The minimum Gasteiger partial charge on any atom is -0.375 e. The van der Waals surface area contributed by atoms with Gasteiger partial charge >= 0.3 is 0 Å². The van der Waals surface area contributed by atoms with Gasteiger partial charge in [-0.15, -0.1) is 0 Å². The molecule has 1 unspecified atom stereocenters. The van der Waals surface area contributed by atoms with Crippen molar-refractivity contribution in [1.29, 1.82) is 0 Å². The summed E-state index contributed by atoms with van der Waals surface area (Å²) in [6, 6.07) is 5.66. The SMILES string of the molecule is Cn1cccc1C(=O)N1CCOC(CCc2ccncn2)C1. The van der Waals surface area contributed by atoms with E-state index in [-0.39, 0.29) is 12.0 Å². The van der Waals surface area contributed by atoms with E-state index in [0.29, 0.717) is 19.7 Å². The number of aryl methyl sites for hydroxylation is 2. The Labute approximate surface area is 129 Å². The van der Waals surface area contributed by atoms with Crippen molar-refractivity contribution >= 4 is 5.91 Å². The number of nitrogens with zero attached hydrogens (tertiary/aromatic N) is 4. The van der Waals surface area contributed by atoms with Gasteiger partial charge in [-0.05, 0) is 31.0 Å². The first kappa shape index (κ1) is 14.7. The summed E-state index contributed by atoms with van der Waals surface area (Å²) >= 11 is 0. The molecule has 3 heterocycles. The lowest BCUT2D eigenvalue weighted by Gasteiger charge is -2.33. The molecule has 3 rings (SSSR count). The number of morpholine rings is 1. The fourth-order valence-corrected chi connectivity index (χ4v) is 2.70. The van der Waals surface area contributed by atoms with Crippen molar-refractivity contribution in [2.75, 3.05) is 19.7 Å². The zero-order valence-electron chi connectivity index (χ0n) is 12.7. The number of hydrogen-bond acceptors (Lipinski definition) is 4. The molecular weight excluding hydrogens is 280 g/mol. The van der Waals surface area contributed by atoms with Crippen molar-refractivity contribution < 1.29 is 9.53 Å². The first-order valence-corrected chi connectivity index (χ1v) is 7.51. The molecule has 6 heteroatoms. The smallest absolute Gasteiger partial charge is 0.270 e. The first-order chi connectivity index (χ1) is 10.7. The van der Waals surface area contributed by atoms with Crippen LogP contribution in [0.5, 0.6) is 0 Å². The second-order valence-corrected chi connectivity index (χ2v) is 5.49. The van der Waals surface area contributed by atoms with E-state index in [1.54, 1.807) is 12.5 Å². The van der Waals surface area contributed by atoms with E-state index in [0.717, 1.165) is 24.2 Å². The van der Waals surface area contributed by atoms with Gasteiger partial charge in [-0.2, -0.15) is 0 Å². The molecule has 0 aromatic carbocycles. The van der Waals surface area contributed by atoms with Crippen molar-refractivity contribution in [3.05, 3.63) is 48.3 Å². The van der Waals surface area contributed by atoms with Gasteiger partial charge in [0.25, 0.3) is 5.91 Å². The Bertz CT molecular complexity index is 626. The van der Waals surface area contributed by atoms with Crippen LogP contribution in [-0.2, 0) is 18.2 Å². The van der Waals surface area contributed by atoms with Gasteiger partial charge in [0.05, 0.1) is 12.7 Å². The van der Waals surface area contributed by atoms with Crippen molar-refractivity contribution in [3.63, 3.8) is 0 Å². The van der Waals surface area contributed by atoms with Gasteiger partial charge < -0.3 is 14.2 Å². The molecule has 22 heavy (non-hydrogen) atoms. The van der Waals surface area contributed by atoms with E-state index in [4.69, 9.17) is 4.74 Å². The molecule has 1 atom stereocenters. The van der Waals surface area contributed by atoms with E-state index in [2.05, 4.69) is 9.97 Å². The van der Waals surface area contributed by atoms with Crippen LogP contribution in [0, 0.1) is 0 Å². The highest BCUT2D eigenvalue weighted by atomic mass is 16.5. The summed E-state index contributed by atoms with van der Waals surface area (Å²) < 4.78 is 7.64. The van der Waals surface area contributed by atoms with Crippen LogP contribution in [0.15, 0.2) is 36.9 Å². The molecule has 0 aliphatic carbocycles. The average Bonchev–Trinajstić information content (AvgIpc) is 2.99. The third-order valence-corrected chi connectivity index (χ3v) is 3.95. The summed E-state index contributed by atoms with van der Waals surface area (Å²) in [6.45, 7) is 1.87. The summed E-state index contributed by atoms with van der Waals surface area (Å²) in [4.78, 5) is 22.5. The molecule has 0 bridgehead atoms. The topological polar surface area (TPSA) is 60.2 Å². The number of carbonyl (C=O) groups is 1. The number of ether oxygens (including phenoxy) is 1. The lowest BCUT2D eigenvalue weighted by molar-refractivity contribution is -0.0249. The van der Waals surface area contributed by atoms with E-state index < -0.39 is 0 Å². The Kier molecular flexibility index (Phi) is 4.48. The van der Waals surface area contributed by atoms with Crippen LogP contribution in [0.2, 0.25) is 0 Å². The van der Waals surface area contributed by atoms with Gasteiger partial charge in [-0.1, -0.05) is 0 Å². The number of aromatic nitrogens is 3. The fraction of sp³-hybridized carbons (Fsp3) is 0.438. The van der Waals surface area contributed by atoms with Crippen LogP contribution in [-0.4, -0.2) is 51.1 Å². The Hall–Kier alpha value is -2.21. The summed E-state index contributed by atoms with van der Waals surface area (Å²) in [5.41, 5.74) is 1.72. The van der Waals surface area contributed by atoms with Crippen LogP contribution in [0.1, 0.15) is 22.6 Å². The molecule has 0 spiro atoms. The Morgan fingerprint density at radius 1 is 1.45 bits per heavy atom. The largest absolute Gasteiger partial charge is 0.375 e. The third-order valence-electron chi connectivity index (χ3n) is 3.95. The maximum absolute atomic E-state index is 12.5. The third kappa shape index (κ3) is 3.33. The number of amides is 1. The summed E-state index contributed by atoms with van der Waals surface area (Å²) in [7, 11) is 1.89. The van der Waals surface area contributed by atoms with Gasteiger partial charge in [-0.25, -0.2) is 9.97 Å². The van der Waals surface area contributed by atoms with Gasteiger partial charge in [0.1, 0.15) is 12.0 Å². The Morgan fingerprint density at radius 2 is 2.36 bits per heavy atom. The molecular formula is C16H20N4O2. The number of hydrogen-bond donors (Lipinski definition) is 0. The van der Waals surface area contributed by atoms with Gasteiger partial charge in [-0.3, -0.25) is 4.79 Å². The normalized spacial score (nSPS) is 18.4. The molecule has 0 saturated carbocycles. The molecule has 116 valence electrons. The predicted molar refractivity (Wildman–Crippen MR) is 81.4 cm³/mol. The molecule has 6 nitrogen and oxygen atoms in total. The van der Waals surface area contributed by atoms with Crippen LogP contribution in [0.4, 0.5) is 0 Å². The van der Waals surface area contributed by atoms with Crippen molar-refractivity contribution in [2.45, 2.75) is 18.9 Å². The lowest BCUT2D eigenvalue weighted by Crippen LogP contribution is -2.46. The average molecular weight is 300 g/mol. The highest BCUT2D eigenvalue weighted by Crippen LogP contribution is 2.14. The minimum absolute atomic E-state index is 0.0629.